The van der Waals surface area contributed by atoms with Crippen molar-refractivity contribution in [3.05, 3.63) is 12.2 Å². The Labute approximate surface area is 105 Å². The van der Waals surface area contributed by atoms with Crippen LogP contribution in [0.4, 0.5) is 0 Å². The third kappa shape index (κ3) is 2.88. The maximum absolute atomic E-state index is 11.4. The van der Waals surface area contributed by atoms with Crippen molar-refractivity contribution >= 4 is 11.9 Å². The number of carbonyl (C=O) groups excluding carboxylic acids is 2. The number of fused-ring (bicyclic) bond motifs is 2. The lowest BCUT2D eigenvalue weighted by Gasteiger charge is -2.18. The third-order valence-corrected chi connectivity index (χ3v) is 3.13. The first-order valence-electron chi connectivity index (χ1n) is 5.91. The molecular weight excluding hydrogens is 240 g/mol. The average molecular weight is 256 g/mol. The summed E-state index contributed by atoms with van der Waals surface area (Å²) in [6.45, 7) is 2.33. The van der Waals surface area contributed by atoms with Gasteiger partial charge in [-0.3, -0.25) is 0 Å². The fraction of sp³-hybridized carbons (Fsp3) is 0.667. The molecule has 3 unspecified atom stereocenters. The number of aliphatic hydroxyl groups is 1. The van der Waals surface area contributed by atoms with Gasteiger partial charge in [-0.25, -0.2) is 9.59 Å². The van der Waals surface area contributed by atoms with Gasteiger partial charge in [0.1, 0.15) is 6.10 Å². The molecular formula is C12H16O6. The minimum atomic E-state index is -0.793. The average Bonchev–Trinajstić information content (AvgIpc) is 2.97. The van der Waals surface area contributed by atoms with Crippen molar-refractivity contribution in [2.75, 3.05) is 13.2 Å². The van der Waals surface area contributed by atoms with Gasteiger partial charge in [-0.15, -0.1) is 0 Å². The van der Waals surface area contributed by atoms with E-state index in [2.05, 4.69) is 11.3 Å². The van der Waals surface area contributed by atoms with E-state index in [1.54, 1.807) is 0 Å². The van der Waals surface area contributed by atoms with Crippen LogP contribution in [0.1, 0.15) is 19.3 Å². The van der Waals surface area contributed by atoms with E-state index in [1.807, 2.05) is 0 Å². The molecule has 18 heavy (non-hydrogen) atoms. The van der Waals surface area contributed by atoms with Crippen LogP contribution in [-0.4, -0.2) is 48.6 Å². The van der Waals surface area contributed by atoms with E-state index in [1.165, 1.54) is 0 Å². The molecule has 6 nitrogen and oxygen atoms in total. The van der Waals surface area contributed by atoms with Crippen LogP contribution in [-0.2, 0) is 23.8 Å². The van der Waals surface area contributed by atoms with Gasteiger partial charge in [-0.05, 0) is 12.8 Å². The highest BCUT2D eigenvalue weighted by Crippen LogP contribution is 2.36. The first kappa shape index (κ1) is 13.0. The van der Waals surface area contributed by atoms with Crippen molar-refractivity contribution in [3.8, 4) is 0 Å². The molecule has 2 aliphatic heterocycles. The first-order valence-corrected chi connectivity index (χ1v) is 5.91. The molecule has 0 saturated carbocycles. The first-order chi connectivity index (χ1) is 8.60. The van der Waals surface area contributed by atoms with Gasteiger partial charge in [-0.1, -0.05) is 6.58 Å². The van der Waals surface area contributed by atoms with Crippen molar-refractivity contribution in [2.24, 2.45) is 0 Å². The second-order valence-corrected chi connectivity index (χ2v) is 4.48. The summed E-state index contributed by atoms with van der Waals surface area (Å²) in [5, 5.41) is 8.64. The normalized spacial score (nSPS) is 29.1. The van der Waals surface area contributed by atoms with E-state index in [9.17, 15) is 9.59 Å². The van der Waals surface area contributed by atoms with E-state index in [4.69, 9.17) is 14.6 Å². The zero-order chi connectivity index (χ0) is 13.1. The topological polar surface area (TPSA) is 82.1 Å². The Bertz CT molecular complexity index is 364. The second kappa shape index (κ2) is 5.49. The minimum Gasteiger partial charge on any atom is -0.457 e. The van der Waals surface area contributed by atoms with Gasteiger partial charge in [0.15, 0.2) is 6.61 Å². The summed E-state index contributed by atoms with van der Waals surface area (Å²) in [4.78, 5) is 22.6. The quantitative estimate of drug-likeness (QED) is 0.548. The standard InChI is InChI=1S/C12H16O6/c1-7(5-13)12(15)16-6-11(14)18-10-4-8-2-3-9(10)17-8/h8-10,13H,1-6H2. The van der Waals surface area contributed by atoms with Gasteiger partial charge in [-0.2, -0.15) is 0 Å². The van der Waals surface area contributed by atoms with Crippen LogP contribution in [0.15, 0.2) is 12.2 Å². The van der Waals surface area contributed by atoms with Gasteiger partial charge in [0, 0.05) is 6.42 Å². The molecule has 0 spiro atoms. The maximum atomic E-state index is 11.4. The van der Waals surface area contributed by atoms with Crippen LogP contribution in [0, 0.1) is 0 Å². The van der Waals surface area contributed by atoms with E-state index < -0.39 is 25.2 Å². The van der Waals surface area contributed by atoms with Crippen LogP contribution in [0.5, 0.6) is 0 Å². The summed E-state index contributed by atoms with van der Waals surface area (Å²) in [5.41, 5.74) is -0.0916. The number of ether oxygens (including phenoxy) is 3. The van der Waals surface area contributed by atoms with E-state index in [0.29, 0.717) is 6.42 Å². The van der Waals surface area contributed by atoms with Crippen LogP contribution in [0.25, 0.3) is 0 Å². The number of hydrogen-bond donors (Lipinski definition) is 1. The molecule has 100 valence electrons. The molecule has 2 bridgehead atoms. The Kier molecular flexibility index (Phi) is 3.98. The van der Waals surface area contributed by atoms with E-state index in [0.717, 1.165) is 12.8 Å². The van der Waals surface area contributed by atoms with Gasteiger partial charge >= 0.3 is 11.9 Å². The van der Waals surface area contributed by atoms with Gasteiger partial charge in [0.25, 0.3) is 0 Å². The summed E-state index contributed by atoms with van der Waals surface area (Å²) in [6, 6.07) is 0. The predicted octanol–water partition coefficient (Wildman–Crippen LogP) is -0.0588. The molecule has 6 heteroatoms. The monoisotopic (exact) mass is 256 g/mol. The van der Waals surface area contributed by atoms with Crippen LogP contribution in [0.2, 0.25) is 0 Å². The fourth-order valence-corrected chi connectivity index (χ4v) is 2.21. The highest BCUT2D eigenvalue weighted by molar-refractivity contribution is 5.89. The Balaban J connectivity index is 1.70. The van der Waals surface area contributed by atoms with E-state index >= 15 is 0 Å². The zero-order valence-electron chi connectivity index (χ0n) is 9.96. The predicted molar refractivity (Wildman–Crippen MR) is 59.6 cm³/mol. The molecule has 3 atom stereocenters. The molecule has 2 rings (SSSR count). The summed E-state index contributed by atoms with van der Waals surface area (Å²) in [5.74, 6) is -1.39. The largest absolute Gasteiger partial charge is 0.457 e. The molecule has 2 saturated heterocycles. The number of hydrogen-bond acceptors (Lipinski definition) is 6. The van der Waals surface area contributed by atoms with Crippen LogP contribution in [0.3, 0.4) is 0 Å². The smallest absolute Gasteiger partial charge is 0.344 e. The Morgan fingerprint density at radius 2 is 2.17 bits per heavy atom. The lowest BCUT2D eigenvalue weighted by atomic mass is 9.98. The summed E-state index contributed by atoms with van der Waals surface area (Å²) < 4.78 is 15.3. The summed E-state index contributed by atoms with van der Waals surface area (Å²) in [7, 11) is 0. The van der Waals surface area contributed by atoms with Gasteiger partial charge < -0.3 is 19.3 Å². The Hall–Kier alpha value is -1.40. The maximum Gasteiger partial charge on any atom is 0.344 e. The Morgan fingerprint density at radius 3 is 2.72 bits per heavy atom. The summed E-state index contributed by atoms with van der Waals surface area (Å²) >= 11 is 0. The van der Waals surface area contributed by atoms with Gasteiger partial charge in [0.2, 0.25) is 0 Å². The van der Waals surface area contributed by atoms with Crippen molar-refractivity contribution in [2.45, 2.75) is 37.6 Å². The SMILES string of the molecule is C=C(CO)C(=O)OCC(=O)OC1CC2CCC1O2. The second-order valence-electron chi connectivity index (χ2n) is 4.48. The molecule has 0 aromatic carbocycles. The van der Waals surface area contributed by atoms with Crippen LogP contribution < -0.4 is 0 Å². The van der Waals surface area contributed by atoms with Gasteiger partial charge in [0.05, 0.1) is 24.4 Å². The van der Waals surface area contributed by atoms with E-state index in [-0.39, 0.29) is 23.9 Å². The molecule has 2 aliphatic rings. The van der Waals surface area contributed by atoms with Crippen molar-refractivity contribution in [1.82, 2.24) is 0 Å². The van der Waals surface area contributed by atoms with Crippen LogP contribution >= 0.6 is 0 Å². The third-order valence-electron chi connectivity index (χ3n) is 3.13. The highest BCUT2D eigenvalue weighted by atomic mass is 16.6. The molecule has 1 N–H and O–H groups in total. The summed E-state index contributed by atoms with van der Waals surface area (Å²) in [6.07, 6.45) is 2.60. The number of carbonyl (C=O) groups is 2. The molecule has 0 amide bonds. The molecule has 0 aliphatic carbocycles. The van der Waals surface area contributed by atoms with Crippen molar-refractivity contribution in [1.29, 1.82) is 0 Å². The molecule has 0 aromatic heterocycles. The number of aliphatic hydroxyl groups excluding tert-OH is 1. The van der Waals surface area contributed by atoms with Crippen molar-refractivity contribution in [3.63, 3.8) is 0 Å². The number of esters is 2. The molecule has 0 aromatic rings. The number of rotatable bonds is 5. The highest BCUT2D eigenvalue weighted by Gasteiger charge is 2.43. The molecule has 0 radical (unpaired) electrons. The minimum absolute atomic E-state index is 0.0120. The Morgan fingerprint density at radius 1 is 1.39 bits per heavy atom. The molecule has 2 heterocycles. The fourth-order valence-electron chi connectivity index (χ4n) is 2.21. The lowest BCUT2D eigenvalue weighted by molar-refractivity contribution is -0.162. The zero-order valence-corrected chi connectivity index (χ0v) is 9.96. The van der Waals surface area contributed by atoms with Crippen molar-refractivity contribution < 1.29 is 28.9 Å². The molecule has 2 fully saturated rings. The lowest BCUT2D eigenvalue weighted by Crippen LogP contribution is -2.30.